The number of hydrogen-bond acceptors (Lipinski definition) is 6. The van der Waals surface area contributed by atoms with Crippen LogP contribution >= 0.6 is 11.3 Å². The van der Waals surface area contributed by atoms with Gasteiger partial charge in [0.2, 0.25) is 0 Å². The van der Waals surface area contributed by atoms with Gasteiger partial charge in [-0.25, -0.2) is 9.78 Å². The fourth-order valence-corrected chi connectivity index (χ4v) is 3.00. The zero-order chi connectivity index (χ0) is 16.2. The van der Waals surface area contributed by atoms with E-state index in [9.17, 15) is 9.59 Å². The SMILES string of the molecule is CCOC(=O)c1nc(N(CC(C)C)C(C)C)sc1C(C)=O. The highest BCUT2D eigenvalue weighted by atomic mass is 32.1. The average Bonchev–Trinajstić information content (AvgIpc) is 2.80. The van der Waals surface area contributed by atoms with E-state index in [4.69, 9.17) is 4.74 Å². The Morgan fingerprint density at radius 3 is 2.33 bits per heavy atom. The molecule has 6 heteroatoms. The molecule has 0 fully saturated rings. The van der Waals surface area contributed by atoms with Crippen molar-refractivity contribution in [3.05, 3.63) is 10.6 Å². The second kappa shape index (κ2) is 7.54. The first-order chi connectivity index (χ1) is 9.77. The molecule has 0 saturated carbocycles. The van der Waals surface area contributed by atoms with Gasteiger partial charge in [-0.15, -0.1) is 0 Å². The Morgan fingerprint density at radius 2 is 1.90 bits per heavy atom. The van der Waals surface area contributed by atoms with Crippen LogP contribution in [0.3, 0.4) is 0 Å². The quantitative estimate of drug-likeness (QED) is 0.570. The van der Waals surface area contributed by atoms with E-state index in [0.717, 1.165) is 6.54 Å². The summed E-state index contributed by atoms with van der Waals surface area (Å²) < 4.78 is 4.99. The molecule has 0 atom stereocenters. The minimum atomic E-state index is -0.529. The normalized spacial score (nSPS) is 11.0. The predicted octanol–water partition coefficient (Wildman–Crippen LogP) is 3.39. The van der Waals surface area contributed by atoms with Crippen LogP contribution in [-0.4, -0.2) is 35.9 Å². The molecule has 0 aliphatic heterocycles. The smallest absolute Gasteiger partial charge is 0.358 e. The van der Waals surface area contributed by atoms with E-state index in [0.29, 0.717) is 15.9 Å². The summed E-state index contributed by atoms with van der Waals surface area (Å²) in [6.45, 7) is 12.7. The van der Waals surface area contributed by atoms with Crippen molar-refractivity contribution < 1.29 is 14.3 Å². The maximum Gasteiger partial charge on any atom is 0.358 e. The highest BCUT2D eigenvalue weighted by molar-refractivity contribution is 7.17. The highest BCUT2D eigenvalue weighted by Gasteiger charge is 2.25. The molecule has 0 unspecified atom stereocenters. The van der Waals surface area contributed by atoms with E-state index < -0.39 is 5.97 Å². The van der Waals surface area contributed by atoms with Crippen LogP contribution < -0.4 is 4.90 Å². The van der Waals surface area contributed by atoms with E-state index in [1.165, 1.54) is 18.3 Å². The molecule has 0 aliphatic rings. The lowest BCUT2D eigenvalue weighted by atomic mass is 10.2. The minimum absolute atomic E-state index is 0.138. The Bertz CT molecular complexity index is 509. The standard InChI is InChI=1S/C15H24N2O3S/c1-7-20-14(19)12-13(11(6)18)21-15(16-12)17(10(4)5)8-9(2)3/h9-10H,7-8H2,1-6H3. The molecule has 0 amide bonds. The van der Waals surface area contributed by atoms with Crippen LogP contribution in [0, 0.1) is 5.92 Å². The number of aromatic nitrogens is 1. The monoisotopic (exact) mass is 312 g/mol. The third-order valence-corrected chi connectivity index (χ3v) is 4.03. The summed E-state index contributed by atoms with van der Waals surface area (Å²) in [6, 6.07) is 0.244. The molecule has 1 aromatic heterocycles. The van der Waals surface area contributed by atoms with Crippen molar-refractivity contribution in [3.8, 4) is 0 Å². The van der Waals surface area contributed by atoms with Crippen LogP contribution in [-0.2, 0) is 4.74 Å². The van der Waals surface area contributed by atoms with Crippen LogP contribution in [0.2, 0.25) is 0 Å². The Morgan fingerprint density at radius 1 is 1.29 bits per heavy atom. The molecule has 1 rings (SSSR count). The first-order valence-electron chi connectivity index (χ1n) is 7.23. The maximum absolute atomic E-state index is 11.9. The summed E-state index contributed by atoms with van der Waals surface area (Å²) in [5.41, 5.74) is 0.138. The van der Waals surface area contributed by atoms with Gasteiger partial charge in [0.25, 0.3) is 0 Å². The van der Waals surface area contributed by atoms with Gasteiger partial charge in [0.05, 0.1) is 6.61 Å². The fraction of sp³-hybridized carbons (Fsp3) is 0.667. The Balaban J connectivity index is 3.21. The van der Waals surface area contributed by atoms with Crippen LogP contribution in [0.15, 0.2) is 0 Å². The Hall–Kier alpha value is -1.43. The van der Waals surface area contributed by atoms with E-state index in [2.05, 4.69) is 37.6 Å². The molecular formula is C15H24N2O3S. The summed E-state index contributed by atoms with van der Waals surface area (Å²) in [5.74, 6) is -0.225. The van der Waals surface area contributed by atoms with Gasteiger partial charge in [-0.2, -0.15) is 0 Å². The van der Waals surface area contributed by atoms with Gasteiger partial charge >= 0.3 is 5.97 Å². The van der Waals surface area contributed by atoms with Crippen LogP contribution in [0.1, 0.15) is 61.7 Å². The molecule has 21 heavy (non-hydrogen) atoms. The number of esters is 1. The molecule has 0 aliphatic carbocycles. The lowest BCUT2D eigenvalue weighted by Gasteiger charge is -2.27. The first kappa shape index (κ1) is 17.6. The van der Waals surface area contributed by atoms with Gasteiger partial charge in [0.1, 0.15) is 4.88 Å². The number of carbonyl (C=O) groups is 2. The van der Waals surface area contributed by atoms with Gasteiger partial charge in [-0.1, -0.05) is 25.2 Å². The van der Waals surface area contributed by atoms with Gasteiger partial charge in [0.15, 0.2) is 16.6 Å². The molecule has 0 radical (unpaired) electrons. The molecule has 5 nitrogen and oxygen atoms in total. The van der Waals surface area contributed by atoms with Crippen molar-refractivity contribution in [2.24, 2.45) is 5.92 Å². The molecule has 0 saturated heterocycles. The maximum atomic E-state index is 11.9. The molecule has 1 heterocycles. The lowest BCUT2D eigenvalue weighted by molar-refractivity contribution is 0.0517. The second-order valence-corrected chi connectivity index (χ2v) is 6.57. The molecule has 118 valence electrons. The minimum Gasteiger partial charge on any atom is -0.461 e. The molecular weight excluding hydrogens is 288 g/mol. The largest absolute Gasteiger partial charge is 0.461 e. The second-order valence-electron chi connectivity index (χ2n) is 5.59. The first-order valence-corrected chi connectivity index (χ1v) is 8.05. The number of hydrogen-bond donors (Lipinski definition) is 0. The lowest BCUT2D eigenvalue weighted by Crippen LogP contribution is -2.34. The summed E-state index contributed by atoms with van der Waals surface area (Å²) >= 11 is 1.26. The van der Waals surface area contributed by atoms with E-state index in [1.807, 2.05) is 0 Å². The molecule has 0 spiro atoms. The number of carbonyl (C=O) groups excluding carboxylic acids is 2. The van der Waals surface area contributed by atoms with Crippen molar-refractivity contribution in [1.29, 1.82) is 0 Å². The zero-order valence-electron chi connectivity index (χ0n) is 13.6. The van der Waals surface area contributed by atoms with Gasteiger partial charge < -0.3 is 9.64 Å². The molecule has 0 N–H and O–H groups in total. The van der Waals surface area contributed by atoms with Crippen LogP contribution in [0.5, 0.6) is 0 Å². The number of Topliss-reactive ketones (excluding diaryl/α,β-unsaturated/α-hetero) is 1. The van der Waals surface area contributed by atoms with Crippen molar-refractivity contribution in [2.45, 2.75) is 47.6 Å². The van der Waals surface area contributed by atoms with Crippen molar-refractivity contribution >= 4 is 28.2 Å². The van der Waals surface area contributed by atoms with Crippen molar-refractivity contribution in [1.82, 2.24) is 4.98 Å². The van der Waals surface area contributed by atoms with Gasteiger partial charge in [-0.05, 0) is 26.7 Å². The predicted molar refractivity (Wildman–Crippen MR) is 85.4 cm³/mol. The number of ketones is 1. The van der Waals surface area contributed by atoms with Crippen molar-refractivity contribution in [3.63, 3.8) is 0 Å². The fourth-order valence-electron chi connectivity index (χ4n) is 1.91. The topological polar surface area (TPSA) is 59.5 Å². The zero-order valence-corrected chi connectivity index (χ0v) is 14.4. The highest BCUT2D eigenvalue weighted by Crippen LogP contribution is 2.29. The number of anilines is 1. The molecule has 0 bridgehead atoms. The number of ether oxygens (including phenoxy) is 1. The van der Waals surface area contributed by atoms with E-state index in [1.54, 1.807) is 6.92 Å². The third kappa shape index (κ3) is 4.52. The summed E-state index contributed by atoms with van der Waals surface area (Å²) in [5, 5.41) is 0.701. The number of thiazole rings is 1. The van der Waals surface area contributed by atoms with E-state index >= 15 is 0 Å². The summed E-state index contributed by atoms with van der Waals surface area (Å²) in [6.07, 6.45) is 0. The Labute approximate surface area is 130 Å². The average molecular weight is 312 g/mol. The van der Waals surface area contributed by atoms with Crippen LogP contribution in [0.4, 0.5) is 5.13 Å². The van der Waals surface area contributed by atoms with Gasteiger partial charge in [0, 0.05) is 19.5 Å². The van der Waals surface area contributed by atoms with E-state index in [-0.39, 0.29) is 24.1 Å². The third-order valence-electron chi connectivity index (χ3n) is 2.84. The van der Waals surface area contributed by atoms with Crippen molar-refractivity contribution in [2.75, 3.05) is 18.1 Å². The summed E-state index contributed by atoms with van der Waals surface area (Å²) in [4.78, 5) is 30.6. The number of nitrogens with zero attached hydrogens (tertiary/aromatic N) is 2. The Kier molecular flexibility index (Phi) is 6.33. The number of rotatable bonds is 7. The molecule has 1 aromatic rings. The molecule has 0 aromatic carbocycles. The van der Waals surface area contributed by atoms with Crippen LogP contribution in [0.25, 0.3) is 0 Å². The summed E-state index contributed by atoms with van der Waals surface area (Å²) in [7, 11) is 0. The van der Waals surface area contributed by atoms with Gasteiger partial charge in [-0.3, -0.25) is 4.79 Å².